The van der Waals surface area contributed by atoms with Gasteiger partial charge in [0.15, 0.2) is 0 Å². The molecule has 1 aromatic carbocycles. The molecule has 5 rings (SSSR count). The van der Waals surface area contributed by atoms with E-state index in [-0.39, 0.29) is 0 Å². The first kappa shape index (κ1) is 16.0. The average molecular weight is 378 g/mol. The first-order valence-corrected chi connectivity index (χ1v) is 9.76. The minimum Gasteiger partial charge on any atom is -0.508 e. The molecule has 0 amide bonds. The second-order valence-corrected chi connectivity index (χ2v) is 10.4. The van der Waals surface area contributed by atoms with Crippen LogP contribution in [0.15, 0.2) is 22.7 Å². The fourth-order valence-electron chi connectivity index (χ4n) is 7.04. The van der Waals surface area contributed by atoms with Gasteiger partial charge in [-0.05, 0) is 78.9 Å². The van der Waals surface area contributed by atoms with Crippen LogP contribution in [-0.4, -0.2) is 11.7 Å². The molecular formula is C20H28BrNO. The Morgan fingerprint density at radius 2 is 1.83 bits per heavy atom. The van der Waals surface area contributed by atoms with E-state index >= 15 is 0 Å². The highest BCUT2D eigenvalue weighted by Gasteiger charge is 2.59. The van der Waals surface area contributed by atoms with Gasteiger partial charge in [-0.3, -0.25) is 0 Å². The molecule has 0 radical (unpaired) electrons. The Morgan fingerprint density at radius 3 is 2.48 bits per heavy atom. The van der Waals surface area contributed by atoms with E-state index in [4.69, 9.17) is 0 Å². The van der Waals surface area contributed by atoms with E-state index in [1.165, 1.54) is 38.5 Å². The van der Waals surface area contributed by atoms with Crippen molar-refractivity contribution in [3.05, 3.63) is 28.2 Å². The largest absolute Gasteiger partial charge is 0.508 e. The van der Waals surface area contributed by atoms with Crippen LogP contribution in [0.2, 0.25) is 0 Å². The smallest absolute Gasteiger partial charge is 0.120 e. The van der Waals surface area contributed by atoms with Crippen molar-refractivity contribution in [1.82, 2.24) is 5.32 Å². The lowest BCUT2D eigenvalue weighted by atomic mass is 9.40. The Bertz CT molecular complexity index is 610. The zero-order valence-corrected chi connectivity index (χ0v) is 15.9. The summed E-state index contributed by atoms with van der Waals surface area (Å²) >= 11 is 3.49. The van der Waals surface area contributed by atoms with E-state index in [2.05, 4.69) is 35.1 Å². The highest BCUT2D eigenvalue weighted by molar-refractivity contribution is 9.10. The van der Waals surface area contributed by atoms with Crippen molar-refractivity contribution in [3.8, 4) is 5.75 Å². The third-order valence-corrected chi connectivity index (χ3v) is 7.09. The van der Waals surface area contributed by atoms with Crippen molar-refractivity contribution < 1.29 is 5.11 Å². The lowest BCUT2D eigenvalue weighted by Gasteiger charge is -2.65. The number of hydrogen-bond acceptors (Lipinski definition) is 2. The van der Waals surface area contributed by atoms with E-state index < -0.39 is 0 Å². The second-order valence-electron chi connectivity index (χ2n) is 9.51. The number of aromatic hydroxyl groups is 1. The van der Waals surface area contributed by atoms with Gasteiger partial charge in [0.25, 0.3) is 0 Å². The summed E-state index contributed by atoms with van der Waals surface area (Å²) in [4.78, 5) is 0. The molecule has 0 saturated heterocycles. The number of rotatable bonds is 4. The van der Waals surface area contributed by atoms with Crippen LogP contribution in [0.3, 0.4) is 0 Å². The first-order valence-electron chi connectivity index (χ1n) is 8.97. The minimum absolute atomic E-state index is 0.394. The van der Waals surface area contributed by atoms with Crippen LogP contribution >= 0.6 is 15.9 Å². The Balaban J connectivity index is 1.46. The molecule has 0 aliphatic heterocycles. The van der Waals surface area contributed by atoms with E-state index in [1.807, 2.05) is 12.1 Å². The third kappa shape index (κ3) is 2.95. The number of phenols is 1. The Kier molecular flexibility index (Phi) is 3.63. The van der Waals surface area contributed by atoms with Crippen LogP contribution in [0.1, 0.15) is 57.9 Å². The number of halogens is 1. The molecule has 4 aliphatic rings. The van der Waals surface area contributed by atoms with Crippen molar-refractivity contribution in [2.75, 3.05) is 6.54 Å². The number of nitrogens with one attached hydrogen (secondary N) is 1. The van der Waals surface area contributed by atoms with Crippen LogP contribution in [0.5, 0.6) is 5.75 Å². The molecule has 2 N–H and O–H groups in total. The summed E-state index contributed by atoms with van der Waals surface area (Å²) < 4.78 is 1.03. The molecule has 0 heterocycles. The van der Waals surface area contributed by atoms with Gasteiger partial charge in [0.2, 0.25) is 0 Å². The molecule has 126 valence electrons. The standard InChI is InChI=1S/C20H28BrNO/c1-18-6-14-7-19(2,10-18)12-20(8-14,11-18)13-22-9-15-5-16(21)3-4-17(15)23/h3-5,14,22-23H,6-13H2,1-2H3/t14?,18-,19+,20?. The maximum Gasteiger partial charge on any atom is 0.120 e. The second kappa shape index (κ2) is 5.23. The van der Waals surface area contributed by atoms with Crippen LogP contribution in [0.4, 0.5) is 0 Å². The van der Waals surface area contributed by atoms with E-state index in [0.29, 0.717) is 22.0 Å². The first-order chi connectivity index (χ1) is 10.8. The molecule has 1 aromatic rings. The summed E-state index contributed by atoms with van der Waals surface area (Å²) in [5.74, 6) is 1.34. The monoisotopic (exact) mass is 377 g/mol. The lowest BCUT2D eigenvalue weighted by molar-refractivity contribution is -0.143. The fourth-order valence-corrected chi connectivity index (χ4v) is 7.45. The van der Waals surface area contributed by atoms with Crippen molar-refractivity contribution in [3.63, 3.8) is 0 Å². The summed E-state index contributed by atoms with van der Waals surface area (Å²) in [6.07, 6.45) is 8.54. The predicted octanol–water partition coefficient (Wildman–Crippen LogP) is 5.24. The summed E-state index contributed by atoms with van der Waals surface area (Å²) in [7, 11) is 0. The normalized spacial score (nSPS) is 41.4. The Morgan fingerprint density at radius 1 is 1.13 bits per heavy atom. The SMILES string of the molecule is C[C@]12CC3CC(CNCc4cc(Br)ccc4O)(C1)C[C@@](C)(C3)C2. The molecule has 23 heavy (non-hydrogen) atoms. The van der Waals surface area contributed by atoms with Crippen molar-refractivity contribution >= 4 is 15.9 Å². The molecule has 4 aliphatic carbocycles. The zero-order valence-electron chi connectivity index (χ0n) is 14.3. The van der Waals surface area contributed by atoms with Gasteiger partial charge in [0.1, 0.15) is 5.75 Å². The molecule has 3 heteroatoms. The molecule has 0 aromatic heterocycles. The number of benzene rings is 1. The molecular weight excluding hydrogens is 350 g/mol. The average Bonchev–Trinajstić information content (AvgIpc) is 2.38. The summed E-state index contributed by atoms with van der Waals surface area (Å²) in [5, 5.41) is 13.7. The quantitative estimate of drug-likeness (QED) is 0.751. The molecule has 4 atom stereocenters. The molecule has 4 fully saturated rings. The van der Waals surface area contributed by atoms with Gasteiger partial charge < -0.3 is 10.4 Å². The summed E-state index contributed by atoms with van der Waals surface area (Å²) in [5.41, 5.74) is 2.63. The van der Waals surface area contributed by atoms with Gasteiger partial charge in [-0.2, -0.15) is 0 Å². The minimum atomic E-state index is 0.394. The van der Waals surface area contributed by atoms with Gasteiger partial charge in [0.05, 0.1) is 0 Å². The van der Waals surface area contributed by atoms with E-state index in [9.17, 15) is 5.11 Å². The van der Waals surface area contributed by atoms with Gasteiger partial charge >= 0.3 is 0 Å². The van der Waals surface area contributed by atoms with E-state index in [1.54, 1.807) is 6.07 Å². The molecule has 2 unspecified atom stereocenters. The van der Waals surface area contributed by atoms with E-state index in [0.717, 1.165) is 29.0 Å². The van der Waals surface area contributed by atoms with Crippen LogP contribution in [0, 0.1) is 22.2 Å². The molecule has 4 bridgehead atoms. The zero-order chi connectivity index (χ0) is 16.3. The highest BCUT2D eigenvalue weighted by Crippen LogP contribution is 2.69. The Hall–Kier alpha value is -0.540. The number of hydrogen-bond donors (Lipinski definition) is 2. The molecule has 0 spiro atoms. The molecule has 2 nitrogen and oxygen atoms in total. The van der Waals surface area contributed by atoms with Gasteiger partial charge in [0, 0.05) is 23.1 Å². The third-order valence-electron chi connectivity index (χ3n) is 6.60. The van der Waals surface area contributed by atoms with Crippen molar-refractivity contribution in [1.29, 1.82) is 0 Å². The van der Waals surface area contributed by atoms with Crippen LogP contribution in [-0.2, 0) is 6.54 Å². The summed E-state index contributed by atoms with van der Waals surface area (Å²) in [6.45, 7) is 6.92. The maximum atomic E-state index is 10.0. The topological polar surface area (TPSA) is 32.3 Å². The predicted molar refractivity (Wildman–Crippen MR) is 97.4 cm³/mol. The van der Waals surface area contributed by atoms with Crippen molar-refractivity contribution in [2.24, 2.45) is 22.2 Å². The Labute approximate surface area is 148 Å². The summed E-state index contributed by atoms with van der Waals surface area (Å²) in [6, 6.07) is 5.68. The van der Waals surface area contributed by atoms with Gasteiger partial charge in [-0.25, -0.2) is 0 Å². The van der Waals surface area contributed by atoms with Crippen LogP contribution in [0.25, 0.3) is 0 Å². The van der Waals surface area contributed by atoms with Gasteiger partial charge in [-0.15, -0.1) is 0 Å². The van der Waals surface area contributed by atoms with Crippen LogP contribution < -0.4 is 5.32 Å². The highest BCUT2D eigenvalue weighted by atomic mass is 79.9. The fraction of sp³-hybridized carbons (Fsp3) is 0.700. The molecule has 4 saturated carbocycles. The maximum absolute atomic E-state index is 10.0. The van der Waals surface area contributed by atoms with Crippen molar-refractivity contribution in [2.45, 2.75) is 58.9 Å². The lowest BCUT2D eigenvalue weighted by Crippen LogP contribution is -2.57. The van der Waals surface area contributed by atoms with Gasteiger partial charge in [-0.1, -0.05) is 29.8 Å². The number of phenolic OH excluding ortho intramolecular Hbond substituents is 1.